The van der Waals surface area contributed by atoms with E-state index in [4.69, 9.17) is 5.11 Å². The Morgan fingerprint density at radius 2 is 2.00 bits per heavy atom. The van der Waals surface area contributed by atoms with Crippen molar-refractivity contribution in [1.29, 1.82) is 0 Å². The molecule has 2 N–H and O–H groups in total. The molecule has 5 heteroatoms. The minimum Gasteiger partial charge on any atom is -0.465 e. The van der Waals surface area contributed by atoms with Crippen LogP contribution in [0.25, 0.3) is 0 Å². The zero-order chi connectivity index (χ0) is 15.5. The summed E-state index contributed by atoms with van der Waals surface area (Å²) in [5.41, 5.74) is -0.190. The van der Waals surface area contributed by atoms with Crippen molar-refractivity contribution in [2.75, 3.05) is 13.1 Å². The Labute approximate surface area is 128 Å². The lowest BCUT2D eigenvalue weighted by molar-refractivity contribution is -0.0236. The lowest BCUT2D eigenvalue weighted by Gasteiger charge is -2.47. The summed E-state index contributed by atoms with van der Waals surface area (Å²) in [6.07, 6.45) is 2.84. The summed E-state index contributed by atoms with van der Waals surface area (Å²) in [5, 5.41) is 20.0. The molecule has 3 aliphatic rings. The smallest absolute Gasteiger partial charge is 0.407 e. The molecule has 1 spiro atoms. The number of aliphatic hydroxyl groups is 1. The van der Waals surface area contributed by atoms with Gasteiger partial charge in [-0.1, -0.05) is 18.2 Å². The van der Waals surface area contributed by atoms with Gasteiger partial charge in [0, 0.05) is 24.1 Å². The Kier molecular flexibility index (Phi) is 2.83. The predicted octanol–water partition coefficient (Wildman–Crippen LogP) is 3.05. The van der Waals surface area contributed by atoms with Crippen LogP contribution in [0.2, 0.25) is 0 Å². The van der Waals surface area contributed by atoms with Crippen molar-refractivity contribution in [2.24, 2.45) is 5.41 Å². The molecule has 1 aromatic carbocycles. The Morgan fingerprint density at radius 3 is 2.64 bits per heavy atom. The van der Waals surface area contributed by atoms with E-state index in [1.54, 1.807) is 6.07 Å². The number of carbonyl (C=O) groups is 1. The van der Waals surface area contributed by atoms with E-state index in [1.807, 2.05) is 12.1 Å². The zero-order valence-electron chi connectivity index (χ0n) is 12.4. The maximum Gasteiger partial charge on any atom is 0.407 e. The maximum atomic E-state index is 14.8. The third-order valence-electron chi connectivity index (χ3n) is 5.61. The number of amides is 1. The van der Waals surface area contributed by atoms with E-state index in [-0.39, 0.29) is 11.2 Å². The summed E-state index contributed by atoms with van der Waals surface area (Å²) in [7, 11) is 0. The van der Waals surface area contributed by atoms with Crippen molar-refractivity contribution in [1.82, 2.24) is 4.90 Å². The number of benzene rings is 1. The first-order valence-electron chi connectivity index (χ1n) is 7.92. The second kappa shape index (κ2) is 4.44. The van der Waals surface area contributed by atoms with Crippen LogP contribution in [0.3, 0.4) is 0 Å². The monoisotopic (exact) mass is 305 g/mol. The molecule has 1 saturated heterocycles. The van der Waals surface area contributed by atoms with Gasteiger partial charge in [-0.15, -0.1) is 0 Å². The molecule has 1 amide bonds. The second-order valence-electron chi connectivity index (χ2n) is 7.33. The number of hydrogen-bond donors (Lipinski definition) is 2. The van der Waals surface area contributed by atoms with E-state index in [0.29, 0.717) is 37.4 Å². The lowest BCUT2D eigenvalue weighted by atomic mass is 9.76. The fourth-order valence-electron chi connectivity index (χ4n) is 4.29. The number of nitrogens with zero attached hydrogens (tertiary/aromatic N) is 1. The molecule has 1 unspecified atom stereocenters. The first-order chi connectivity index (χ1) is 10.4. The van der Waals surface area contributed by atoms with E-state index in [2.05, 4.69) is 0 Å². The molecular weight excluding hydrogens is 285 g/mol. The molecule has 4 rings (SSSR count). The van der Waals surface area contributed by atoms with E-state index in [0.717, 1.165) is 24.8 Å². The van der Waals surface area contributed by atoms with Gasteiger partial charge in [-0.2, -0.15) is 0 Å². The van der Waals surface area contributed by atoms with Crippen molar-refractivity contribution in [3.8, 4) is 0 Å². The van der Waals surface area contributed by atoms with Gasteiger partial charge in [0.15, 0.2) is 0 Å². The Bertz CT molecular complexity index is 637. The van der Waals surface area contributed by atoms with Gasteiger partial charge >= 0.3 is 6.09 Å². The van der Waals surface area contributed by atoms with Crippen molar-refractivity contribution in [2.45, 2.75) is 43.6 Å². The molecule has 4 nitrogen and oxygen atoms in total. The van der Waals surface area contributed by atoms with Crippen LogP contribution in [0.1, 0.15) is 49.1 Å². The highest BCUT2D eigenvalue weighted by molar-refractivity contribution is 5.66. The van der Waals surface area contributed by atoms with E-state index in [1.165, 1.54) is 4.90 Å². The summed E-state index contributed by atoms with van der Waals surface area (Å²) in [6.45, 7) is 0.906. The zero-order valence-corrected chi connectivity index (χ0v) is 12.4. The van der Waals surface area contributed by atoms with Gasteiger partial charge in [0.1, 0.15) is 5.82 Å². The number of carboxylic acid groups (broad SMARTS) is 1. The molecule has 0 aromatic heterocycles. The van der Waals surface area contributed by atoms with Gasteiger partial charge in [0.2, 0.25) is 0 Å². The maximum absolute atomic E-state index is 14.8. The molecule has 1 heterocycles. The highest BCUT2D eigenvalue weighted by atomic mass is 19.1. The van der Waals surface area contributed by atoms with Gasteiger partial charge in [0.25, 0.3) is 0 Å². The summed E-state index contributed by atoms with van der Waals surface area (Å²) < 4.78 is 14.8. The Balaban J connectivity index is 1.58. The average Bonchev–Trinajstić information content (AvgIpc) is 3.20. The standard InChI is InChI=1S/C17H20FNO3/c18-14-12(11-4-5-11)2-1-3-13(14)17(22)7-6-16(8-17)9-19(10-16)15(20)21/h1-3,11,22H,4-10H2,(H,20,21). The average molecular weight is 305 g/mol. The van der Waals surface area contributed by atoms with Crippen molar-refractivity contribution >= 4 is 6.09 Å². The first-order valence-corrected chi connectivity index (χ1v) is 7.92. The fraction of sp³-hybridized carbons (Fsp3) is 0.588. The van der Waals surface area contributed by atoms with Crippen LogP contribution < -0.4 is 0 Å². The molecule has 0 radical (unpaired) electrons. The summed E-state index contributed by atoms with van der Waals surface area (Å²) >= 11 is 0. The SMILES string of the molecule is O=C(O)N1CC2(CCC(O)(c3cccc(C4CC4)c3F)C2)C1. The van der Waals surface area contributed by atoms with Crippen LogP contribution in [0.15, 0.2) is 18.2 Å². The molecular formula is C17H20FNO3. The molecule has 3 fully saturated rings. The van der Waals surface area contributed by atoms with E-state index >= 15 is 0 Å². The largest absolute Gasteiger partial charge is 0.465 e. The third-order valence-corrected chi connectivity index (χ3v) is 5.61. The number of likely N-dealkylation sites (tertiary alicyclic amines) is 1. The van der Waals surface area contributed by atoms with E-state index < -0.39 is 11.7 Å². The summed E-state index contributed by atoms with van der Waals surface area (Å²) in [5.74, 6) is 0.0593. The molecule has 22 heavy (non-hydrogen) atoms. The molecule has 118 valence electrons. The second-order valence-corrected chi connectivity index (χ2v) is 7.33. The highest BCUT2D eigenvalue weighted by Gasteiger charge is 2.56. The number of hydrogen-bond acceptors (Lipinski definition) is 2. The lowest BCUT2D eigenvalue weighted by Crippen LogP contribution is -2.57. The van der Waals surface area contributed by atoms with Crippen molar-refractivity contribution in [3.63, 3.8) is 0 Å². The van der Waals surface area contributed by atoms with Crippen molar-refractivity contribution in [3.05, 3.63) is 35.1 Å². The quantitative estimate of drug-likeness (QED) is 0.883. The molecule has 1 atom stereocenters. The number of halogens is 1. The summed E-state index contributed by atoms with van der Waals surface area (Å²) in [4.78, 5) is 12.3. The van der Waals surface area contributed by atoms with Crippen LogP contribution in [0.4, 0.5) is 9.18 Å². The van der Waals surface area contributed by atoms with Crippen LogP contribution in [0.5, 0.6) is 0 Å². The van der Waals surface area contributed by atoms with Crippen LogP contribution in [0, 0.1) is 11.2 Å². The van der Waals surface area contributed by atoms with Gasteiger partial charge in [-0.3, -0.25) is 0 Å². The van der Waals surface area contributed by atoms with Gasteiger partial charge in [-0.25, -0.2) is 9.18 Å². The van der Waals surface area contributed by atoms with E-state index in [9.17, 15) is 14.3 Å². The molecule has 2 saturated carbocycles. The normalized spacial score (nSPS) is 29.6. The minimum absolute atomic E-state index is 0.171. The molecule has 2 aliphatic carbocycles. The van der Waals surface area contributed by atoms with Crippen LogP contribution >= 0.6 is 0 Å². The van der Waals surface area contributed by atoms with Gasteiger partial charge in [-0.05, 0) is 43.6 Å². The fourth-order valence-corrected chi connectivity index (χ4v) is 4.29. The Hall–Kier alpha value is -1.62. The minimum atomic E-state index is -1.15. The predicted molar refractivity (Wildman–Crippen MR) is 78.2 cm³/mol. The van der Waals surface area contributed by atoms with Crippen molar-refractivity contribution < 1.29 is 19.4 Å². The van der Waals surface area contributed by atoms with Gasteiger partial charge in [0.05, 0.1) is 5.60 Å². The highest BCUT2D eigenvalue weighted by Crippen LogP contribution is 2.55. The summed E-state index contributed by atoms with van der Waals surface area (Å²) in [6, 6.07) is 5.34. The number of rotatable bonds is 2. The molecule has 1 aromatic rings. The molecule has 0 bridgehead atoms. The van der Waals surface area contributed by atoms with Crippen LogP contribution in [-0.4, -0.2) is 34.3 Å². The first kappa shape index (κ1) is 14.0. The van der Waals surface area contributed by atoms with Gasteiger partial charge < -0.3 is 15.1 Å². The third kappa shape index (κ3) is 2.02. The topological polar surface area (TPSA) is 60.8 Å². The van der Waals surface area contributed by atoms with Crippen LogP contribution in [-0.2, 0) is 5.60 Å². The molecule has 1 aliphatic heterocycles. The Morgan fingerprint density at radius 1 is 1.27 bits per heavy atom.